The van der Waals surface area contributed by atoms with Gasteiger partial charge in [0.25, 0.3) is 0 Å². The van der Waals surface area contributed by atoms with E-state index >= 15 is 0 Å². The van der Waals surface area contributed by atoms with E-state index in [1.165, 1.54) is 38.5 Å². The number of hydrogen-bond acceptors (Lipinski definition) is 3. The van der Waals surface area contributed by atoms with Crippen molar-refractivity contribution in [3.05, 3.63) is 29.8 Å². The number of hydrogen-bond donors (Lipinski definition) is 3. The molecule has 4 N–H and O–H groups in total. The van der Waals surface area contributed by atoms with Crippen LogP contribution in [0, 0.1) is 0 Å². The van der Waals surface area contributed by atoms with Crippen LogP contribution in [0.15, 0.2) is 24.3 Å². The number of nitrogens with one attached hydrogen (secondary N) is 1. The molecule has 3 heteroatoms. The predicted octanol–water partition coefficient (Wildman–Crippen LogP) is 4.42. The molecule has 0 aliphatic rings. The molecule has 3 nitrogen and oxygen atoms in total. The molecule has 126 valence electrons. The Morgan fingerprint density at radius 2 is 1.73 bits per heavy atom. The average molecular weight is 306 g/mol. The zero-order valence-corrected chi connectivity index (χ0v) is 14.4. The molecule has 0 heterocycles. The molecule has 1 rings (SSSR count). The van der Waals surface area contributed by atoms with Gasteiger partial charge in [0.1, 0.15) is 0 Å². The van der Waals surface area contributed by atoms with Gasteiger partial charge in [0, 0.05) is 11.7 Å². The minimum atomic E-state index is -0.382. The van der Waals surface area contributed by atoms with Crippen LogP contribution < -0.4 is 11.1 Å². The van der Waals surface area contributed by atoms with E-state index in [0.29, 0.717) is 6.04 Å². The lowest BCUT2D eigenvalue weighted by Crippen LogP contribution is -2.29. The Morgan fingerprint density at radius 1 is 1.00 bits per heavy atom. The topological polar surface area (TPSA) is 58.3 Å². The Bertz CT molecular complexity index is 378. The maximum atomic E-state index is 10.2. The van der Waals surface area contributed by atoms with Crippen LogP contribution >= 0.6 is 0 Å². The summed E-state index contributed by atoms with van der Waals surface area (Å²) in [5.74, 6) is 0. The lowest BCUT2D eigenvalue weighted by molar-refractivity contribution is 0.164. The molecule has 2 atom stereocenters. The number of nitrogens with two attached hydrogens (primary N) is 1. The maximum absolute atomic E-state index is 10.2. The Balaban J connectivity index is 2.15. The van der Waals surface area contributed by atoms with Crippen LogP contribution in [0.25, 0.3) is 0 Å². The molecule has 0 aromatic heterocycles. The molecule has 0 bridgehead atoms. The molecule has 0 spiro atoms. The Morgan fingerprint density at radius 3 is 2.36 bits per heavy atom. The number of aliphatic hydroxyl groups is 1. The lowest BCUT2D eigenvalue weighted by atomic mass is 10.0. The standard InChI is InChI=1S/C19H34N2O/c1-3-5-6-7-9-18(4-2)21-15-8-10-19(22)16-11-13-17(20)14-12-16/h11-14,18-19,21-22H,3-10,15,20H2,1-2H3. The first-order valence-corrected chi connectivity index (χ1v) is 8.94. The van der Waals surface area contributed by atoms with Gasteiger partial charge < -0.3 is 16.2 Å². The molecule has 22 heavy (non-hydrogen) atoms. The normalized spacial score (nSPS) is 14.0. The zero-order valence-electron chi connectivity index (χ0n) is 14.4. The van der Waals surface area contributed by atoms with E-state index in [1.54, 1.807) is 0 Å². The molecule has 0 aliphatic carbocycles. The van der Waals surface area contributed by atoms with Crippen LogP contribution in [0.1, 0.15) is 76.9 Å². The van der Waals surface area contributed by atoms with Gasteiger partial charge in [-0.2, -0.15) is 0 Å². The summed E-state index contributed by atoms with van der Waals surface area (Å²) in [6, 6.07) is 8.15. The number of rotatable bonds is 12. The highest BCUT2D eigenvalue weighted by molar-refractivity contribution is 5.39. The smallest absolute Gasteiger partial charge is 0.0790 e. The summed E-state index contributed by atoms with van der Waals surface area (Å²) in [6.07, 6.45) is 9.20. The van der Waals surface area contributed by atoms with Crippen molar-refractivity contribution in [2.75, 3.05) is 12.3 Å². The van der Waals surface area contributed by atoms with Crippen molar-refractivity contribution in [2.24, 2.45) is 0 Å². The quantitative estimate of drug-likeness (QED) is 0.396. The number of unbranched alkanes of at least 4 members (excludes halogenated alkanes) is 3. The maximum Gasteiger partial charge on any atom is 0.0790 e. The summed E-state index contributed by atoms with van der Waals surface area (Å²) < 4.78 is 0. The van der Waals surface area contributed by atoms with Crippen molar-refractivity contribution >= 4 is 5.69 Å². The monoisotopic (exact) mass is 306 g/mol. The molecular weight excluding hydrogens is 272 g/mol. The number of aliphatic hydroxyl groups excluding tert-OH is 1. The first-order valence-electron chi connectivity index (χ1n) is 8.94. The fourth-order valence-electron chi connectivity index (χ4n) is 2.75. The first kappa shape index (κ1) is 19.0. The van der Waals surface area contributed by atoms with Gasteiger partial charge in [-0.3, -0.25) is 0 Å². The van der Waals surface area contributed by atoms with E-state index in [9.17, 15) is 5.11 Å². The number of benzene rings is 1. The largest absolute Gasteiger partial charge is 0.399 e. The highest BCUT2D eigenvalue weighted by atomic mass is 16.3. The molecule has 0 saturated carbocycles. The second kappa shape index (κ2) is 11.5. The fraction of sp³-hybridized carbons (Fsp3) is 0.684. The third-order valence-corrected chi connectivity index (χ3v) is 4.31. The van der Waals surface area contributed by atoms with Gasteiger partial charge in [0.05, 0.1) is 6.10 Å². The molecule has 0 radical (unpaired) electrons. The molecule has 1 aromatic carbocycles. The van der Waals surface area contributed by atoms with Gasteiger partial charge in [0.2, 0.25) is 0 Å². The van der Waals surface area contributed by atoms with Crippen molar-refractivity contribution in [3.63, 3.8) is 0 Å². The van der Waals surface area contributed by atoms with Crippen LogP contribution in [0.5, 0.6) is 0 Å². The summed E-state index contributed by atoms with van der Waals surface area (Å²) in [5, 5.41) is 13.8. The molecule has 2 unspecified atom stereocenters. The molecule has 0 saturated heterocycles. The van der Waals surface area contributed by atoms with Crippen LogP contribution in [-0.2, 0) is 0 Å². The van der Waals surface area contributed by atoms with E-state index in [0.717, 1.165) is 30.6 Å². The average Bonchev–Trinajstić information content (AvgIpc) is 2.53. The van der Waals surface area contributed by atoms with Crippen molar-refractivity contribution in [3.8, 4) is 0 Å². The molecular formula is C19H34N2O. The van der Waals surface area contributed by atoms with Crippen LogP contribution in [-0.4, -0.2) is 17.7 Å². The summed E-state index contributed by atoms with van der Waals surface area (Å²) >= 11 is 0. The Labute approximate surface area is 136 Å². The first-order chi connectivity index (χ1) is 10.7. The number of anilines is 1. The van der Waals surface area contributed by atoms with Crippen molar-refractivity contribution in [1.29, 1.82) is 0 Å². The Hall–Kier alpha value is -1.06. The lowest BCUT2D eigenvalue weighted by Gasteiger charge is -2.18. The van der Waals surface area contributed by atoms with Crippen LogP contribution in [0.3, 0.4) is 0 Å². The van der Waals surface area contributed by atoms with Gasteiger partial charge in [-0.15, -0.1) is 0 Å². The minimum absolute atomic E-state index is 0.382. The SMILES string of the molecule is CCCCCCC(CC)NCCCC(O)c1ccc(N)cc1. The molecule has 0 aliphatic heterocycles. The van der Waals surface area contributed by atoms with E-state index in [2.05, 4.69) is 19.2 Å². The van der Waals surface area contributed by atoms with Gasteiger partial charge in [-0.25, -0.2) is 0 Å². The van der Waals surface area contributed by atoms with E-state index < -0.39 is 0 Å². The van der Waals surface area contributed by atoms with Crippen molar-refractivity contribution < 1.29 is 5.11 Å². The second-order valence-corrected chi connectivity index (χ2v) is 6.23. The van der Waals surface area contributed by atoms with Crippen LogP contribution in [0.2, 0.25) is 0 Å². The van der Waals surface area contributed by atoms with E-state index in [4.69, 9.17) is 5.73 Å². The molecule has 0 amide bonds. The molecule has 0 fully saturated rings. The number of nitrogen functional groups attached to an aromatic ring is 1. The van der Waals surface area contributed by atoms with Crippen molar-refractivity contribution in [1.82, 2.24) is 5.32 Å². The van der Waals surface area contributed by atoms with Gasteiger partial charge >= 0.3 is 0 Å². The highest BCUT2D eigenvalue weighted by Gasteiger charge is 2.08. The Kier molecular flexibility index (Phi) is 9.93. The van der Waals surface area contributed by atoms with Crippen LogP contribution in [0.4, 0.5) is 5.69 Å². The molecule has 1 aromatic rings. The van der Waals surface area contributed by atoms with E-state index in [1.807, 2.05) is 24.3 Å². The van der Waals surface area contributed by atoms with Crippen molar-refractivity contribution in [2.45, 2.75) is 77.4 Å². The van der Waals surface area contributed by atoms with Gasteiger partial charge in [0.15, 0.2) is 0 Å². The zero-order chi connectivity index (χ0) is 16.2. The fourth-order valence-corrected chi connectivity index (χ4v) is 2.75. The summed E-state index contributed by atoms with van der Waals surface area (Å²) in [6.45, 7) is 5.49. The van der Waals surface area contributed by atoms with Gasteiger partial charge in [-0.05, 0) is 49.9 Å². The minimum Gasteiger partial charge on any atom is -0.399 e. The summed E-state index contributed by atoms with van der Waals surface area (Å²) in [7, 11) is 0. The third kappa shape index (κ3) is 7.81. The summed E-state index contributed by atoms with van der Waals surface area (Å²) in [5.41, 5.74) is 7.37. The van der Waals surface area contributed by atoms with E-state index in [-0.39, 0.29) is 6.10 Å². The van der Waals surface area contributed by atoms with Gasteiger partial charge in [-0.1, -0.05) is 51.7 Å². The second-order valence-electron chi connectivity index (χ2n) is 6.23. The highest BCUT2D eigenvalue weighted by Crippen LogP contribution is 2.19. The predicted molar refractivity (Wildman–Crippen MR) is 95.9 cm³/mol. The summed E-state index contributed by atoms with van der Waals surface area (Å²) in [4.78, 5) is 0. The third-order valence-electron chi connectivity index (χ3n) is 4.31.